The highest BCUT2D eigenvalue weighted by atomic mass is 32.2. The monoisotopic (exact) mass is 396 g/mol. The number of rotatable bonds is 5. The first-order chi connectivity index (χ1) is 13.0. The molecule has 0 spiro atoms. The number of nitrogens with zero attached hydrogens (tertiary/aromatic N) is 3. The topological polar surface area (TPSA) is 84.3 Å². The minimum atomic E-state index is -3.64. The van der Waals surface area contributed by atoms with E-state index >= 15 is 0 Å². The molecule has 1 aliphatic heterocycles. The first-order valence-electron chi connectivity index (χ1n) is 10.3. The molecule has 1 saturated carbocycles. The summed E-state index contributed by atoms with van der Waals surface area (Å²) in [7, 11) is -3.64. The summed E-state index contributed by atoms with van der Waals surface area (Å²) >= 11 is 0. The standard InChI is InChI=1S/C19H32N4O3S/c1-2-22-14-18(20-15-22)27(25,26)23-12-8-9-16(13-23)19(24)21-17-10-6-4-3-5-7-11-17/h14-17H,2-13H2,1H3,(H,21,24)/t16-/m1/s1. The van der Waals surface area contributed by atoms with E-state index in [-0.39, 0.29) is 29.4 Å². The molecule has 2 aliphatic rings. The second-order valence-electron chi connectivity index (χ2n) is 7.80. The van der Waals surface area contributed by atoms with E-state index in [1.54, 1.807) is 10.8 Å². The average molecular weight is 397 g/mol. The zero-order valence-electron chi connectivity index (χ0n) is 16.3. The minimum Gasteiger partial charge on any atom is -0.353 e. The van der Waals surface area contributed by atoms with Crippen LogP contribution >= 0.6 is 0 Å². The molecule has 27 heavy (non-hydrogen) atoms. The van der Waals surface area contributed by atoms with Gasteiger partial charge in [-0.25, -0.2) is 13.4 Å². The Morgan fingerprint density at radius 3 is 2.52 bits per heavy atom. The second kappa shape index (κ2) is 9.19. The summed E-state index contributed by atoms with van der Waals surface area (Å²) in [6, 6.07) is 0.241. The number of sulfonamides is 1. The van der Waals surface area contributed by atoms with Crippen molar-refractivity contribution >= 4 is 15.9 Å². The molecule has 152 valence electrons. The molecule has 1 amide bonds. The Morgan fingerprint density at radius 2 is 1.85 bits per heavy atom. The highest BCUT2D eigenvalue weighted by molar-refractivity contribution is 7.89. The summed E-state index contributed by atoms with van der Waals surface area (Å²) in [5, 5.41) is 3.28. The minimum absolute atomic E-state index is 0.0135. The van der Waals surface area contributed by atoms with Crippen LogP contribution in [0.25, 0.3) is 0 Å². The highest BCUT2D eigenvalue weighted by Crippen LogP contribution is 2.24. The summed E-state index contributed by atoms with van der Waals surface area (Å²) in [5.74, 6) is -0.258. The van der Waals surface area contributed by atoms with Crippen LogP contribution in [0.15, 0.2) is 17.6 Å². The van der Waals surface area contributed by atoms with Crippen molar-refractivity contribution < 1.29 is 13.2 Å². The number of carbonyl (C=O) groups is 1. The van der Waals surface area contributed by atoms with Crippen LogP contribution < -0.4 is 5.32 Å². The lowest BCUT2D eigenvalue weighted by Gasteiger charge is -2.32. The molecule has 0 unspecified atom stereocenters. The molecule has 3 rings (SSSR count). The van der Waals surface area contributed by atoms with Gasteiger partial charge in [0.2, 0.25) is 5.91 Å². The van der Waals surface area contributed by atoms with Gasteiger partial charge in [0.15, 0.2) is 5.03 Å². The van der Waals surface area contributed by atoms with Crippen molar-refractivity contribution in [1.29, 1.82) is 0 Å². The van der Waals surface area contributed by atoms with Crippen LogP contribution in [-0.2, 0) is 21.4 Å². The summed E-state index contributed by atoms with van der Waals surface area (Å²) in [6.45, 7) is 3.32. The molecule has 1 aromatic heterocycles. The maximum atomic E-state index is 12.9. The molecule has 0 bridgehead atoms. The number of hydrogen-bond acceptors (Lipinski definition) is 4. The van der Waals surface area contributed by atoms with Gasteiger partial charge in [0.05, 0.1) is 12.2 Å². The second-order valence-corrected chi connectivity index (χ2v) is 9.68. The molecule has 2 fully saturated rings. The van der Waals surface area contributed by atoms with Crippen molar-refractivity contribution in [2.24, 2.45) is 5.92 Å². The first-order valence-corrected chi connectivity index (χ1v) is 11.8. The van der Waals surface area contributed by atoms with E-state index in [9.17, 15) is 13.2 Å². The normalized spacial score (nSPS) is 23.5. The predicted octanol–water partition coefficient (Wildman–Crippen LogP) is 2.53. The van der Waals surface area contributed by atoms with Gasteiger partial charge in [-0.2, -0.15) is 4.31 Å². The molecular formula is C19H32N4O3S. The van der Waals surface area contributed by atoms with Gasteiger partial charge in [0.1, 0.15) is 0 Å². The number of carbonyl (C=O) groups excluding carboxylic acids is 1. The Hall–Kier alpha value is -1.41. The highest BCUT2D eigenvalue weighted by Gasteiger charge is 2.35. The fourth-order valence-corrected chi connectivity index (χ4v) is 5.53. The van der Waals surface area contributed by atoms with Crippen molar-refractivity contribution in [3.8, 4) is 0 Å². The van der Waals surface area contributed by atoms with Crippen LogP contribution in [0.1, 0.15) is 64.7 Å². The van der Waals surface area contributed by atoms with Crippen LogP contribution in [0.4, 0.5) is 0 Å². The number of nitrogens with one attached hydrogen (secondary N) is 1. The summed E-state index contributed by atoms with van der Waals surface area (Å²) in [6.07, 6.45) is 12.7. The molecule has 8 heteroatoms. The van der Waals surface area contributed by atoms with E-state index < -0.39 is 10.0 Å². The molecule has 1 N–H and O–H groups in total. The number of aromatic nitrogens is 2. The van der Waals surface area contributed by atoms with Crippen LogP contribution in [0, 0.1) is 5.92 Å². The molecule has 0 radical (unpaired) electrons. The molecule has 1 aromatic rings. The van der Waals surface area contributed by atoms with Crippen molar-refractivity contribution in [2.45, 2.75) is 82.3 Å². The summed E-state index contributed by atoms with van der Waals surface area (Å²) < 4.78 is 28.9. The Labute approximate surface area is 162 Å². The number of piperidine rings is 1. The van der Waals surface area contributed by atoms with Crippen molar-refractivity contribution in [3.05, 3.63) is 12.5 Å². The lowest BCUT2D eigenvalue weighted by molar-refractivity contribution is -0.126. The van der Waals surface area contributed by atoms with Gasteiger partial charge in [0.25, 0.3) is 10.0 Å². The lowest BCUT2D eigenvalue weighted by Crippen LogP contribution is -2.47. The number of hydrogen-bond donors (Lipinski definition) is 1. The van der Waals surface area contributed by atoms with Crippen LogP contribution in [-0.4, -0.2) is 47.3 Å². The van der Waals surface area contributed by atoms with E-state index in [0.29, 0.717) is 19.5 Å². The van der Waals surface area contributed by atoms with E-state index in [4.69, 9.17) is 0 Å². The maximum Gasteiger partial charge on any atom is 0.262 e. The quantitative estimate of drug-likeness (QED) is 0.829. The largest absolute Gasteiger partial charge is 0.353 e. The average Bonchev–Trinajstić information content (AvgIpc) is 3.14. The van der Waals surface area contributed by atoms with Gasteiger partial charge in [-0.1, -0.05) is 32.1 Å². The molecule has 7 nitrogen and oxygen atoms in total. The molecule has 1 saturated heterocycles. The fourth-order valence-electron chi connectivity index (χ4n) is 4.07. The van der Waals surface area contributed by atoms with Gasteiger partial charge in [-0.3, -0.25) is 4.79 Å². The maximum absolute atomic E-state index is 12.9. The summed E-state index contributed by atoms with van der Waals surface area (Å²) in [4.78, 5) is 16.8. The van der Waals surface area contributed by atoms with Crippen molar-refractivity contribution in [3.63, 3.8) is 0 Å². The predicted molar refractivity (Wildman–Crippen MR) is 104 cm³/mol. The third kappa shape index (κ3) is 5.10. The van der Waals surface area contributed by atoms with Gasteiger partial charge in [-0.05, 0) is 32.6 Å². The third-order valence-electron chi connectivity index (χ3n) is 5.79. The van der Waals surface area contributed by atoms with Crippen LogP contribution in [0.5, 0.6) is 0 Å². The summed E-state index contributed by atoms with van der Waals surface area (Å²) in [5.41, 5.74) is 0. The smallest absolute Gasteiger partial charge is 0.262 e. The van der Waals surface area contributed by atoms with Crippen molar-refractivity contribution in [1.82, 2.24) is 19.2 Å². The van der Waals surface area contributed by atoms with Gasteiger partial charge >= 0.3 is 0 Å². The SMILES string of the molecule is CCn1cnc(S(=O)(=O)N2CCC[C@@H](C(=O)NC3CCCCCCC3)C2)c1. The van der Waals surface area contributed by atoms with Crippen LogP contribution in [0.2, 0.25) is 0 Å². The molecular weight excluding hydrogens is 364 g/mol. The molecule has 1 atom stereocenters. The van der Waals surface area contributed by atoms with E-state index in [0.717, 1.165) is 32.1 Å². The Kier molecular flexibility index (Phi) is 6.92. The number of aryl methyl sites for hydroxylation is 1. The van der Waals surface area contributed by atoms with Gasteiger partial charge < -0.3 is 9.88 Å². The zero-order chi connectivity index (χ0) is 19.3. The van der Waals surface area contributed by atoms with E-state index in [2.05, 4.69) is 10.3 Å². The first kappa shape index (κ1) is 20.3. The third-order valence-corrected chi connectivity index (χ3v) is 7.54. The molecule has 1 aliphatic carbocycles. The van der Waals surface area contributed by atoms with Gasteiger partial charge in [0, 0.05) is 31.9 Å². The Balaban J connectivity index is 1.61. The van der Waals surface area contributed by atoms with Crippen LogP contribution in [0.3, 0.4) is 0 Å². The zero-order valence-corrected chi connectivity index (χ0v) is 17.1. The van der Waals surface area contributed by atoms with E-state index in [1.165, 1.54) is 29.9 Å². The fraction of sp³-hybridized carbons (Fsp3) is 0.789. The Bertz CT molecular complexity index is 723. The lowest BCUT2D eigenvalue weighted by atomic mass is 9.94. The molecule has 2 heterocycles. The van der Waals surface area contributed by atoms with E-state index in [1.807, 2.05) is 6.92 Å². The Morgan fingerprint density at radius 1 is 1.15 bits per heavy atom. The number of imidazole rings is 1. The molecule has 0 aromatic carbocycles. The van der Waals surface area contributed by atoms with Crippen molar-refractivity contribution in [2.75, 3.05) is 13.1 Å². The van der Waals surface area contributed by atoms with Gasteiger partial charge in [-0.15, -0.1) is 0 Å². The number of amides is 1.